The maximum absolute atomic E-state index is 10.7. The quantitative estimate of drug-likeness (QED) is 0.665. The van der Waals surface area contributed by atoms with Gasteiger partial charge in [-0.15, -0.1) is 10.2 Å². The zero-order valence-corrected chi connectivity index (χ0v) is 10.3. The van der Waals surface area contributed by atoms with Crippen molar-refractivity contribution in [3.05, 3.63) is 33.3 Å². The third-order valence-electron chi connectivity index (χ3n) is 2.27. The lowest BCUT2D eigenvalue weighted by molar-refractivity contribution is -0.384. The molecule has 2 aromatic rings. The monoisotopic (exact) mass is 266 g/mol. The molecule has 18 heavy (non-hydrogen) atoms. The van der Waals surface area contributed by atoms with Gasteiger partial charge in [-0.05, 0) is 6.07 Å². The van der Waals surface area contributed by atoms with Crippen LogP contribution in [0.2, 0.25) is 0 Å². The van der Waals surface area contributed by atoms with Crippen molar-refractivity contribution in [1.29, 1.82) is 0 Å². The summed E-state index contributed by atoms with van der Waals surface area (Å²) in [7, 11) is 1.45. The maximum atomic E-state index is 10.7. The molecule has 0 spiro atoms. The second-order valence-electron chi connectivity index (χ2n) is 3.35. The summed E-state index contributed by atoms with van der Waals surface area (Å²) in [5, 5.41) is 19.9. The van der Waals surface area contributed by atoms with Crippen LogP contribution in [0.3, 0.4) is 0 Å². The molecular formula is C10H10N4O3S. The van der Waals surface area contributed by atoms with Crippen molar-refractivity contribution >= 4 is 17.0 Å². The first kappa shape index (κ1) is 12.4. The highest BCUT2D eigenvalue weighted by molar-refractivity contribution is 7.14. The van der Waals surface area contributed by atoms with Crippen LogP contribution in [0.4, 0.5) is 5.69 Å². The lowest BCUT2D eigenvalue weighted by Gasteiger charge is -2.04. The molecule has 0 aliphatic heterocycles. The molecule has 2 rings (SSSR count). The highest BCUT2D eigenvalue weighted by Crippen LogP contribution is 2.34. The largest absolute Gasteiger partial charge is 0.496 e. The Bertz CT molecular complexity index is 584. The summed E-state index contributed by atoms with van der Waals surface area (Å²) in [6.45, 7) is 0.312. The summed E-state index contributed by atoms with van der Waals surface area (Å²) in [6.07, 6.45) is 0. The summed E-state index contributed by atoms with van der Waals surface area (Å²) in [5.74, 6) is 0.393. The molecule has 0 saturated carbocycles. The minimum absolute atomic E-state index is 0.0286. The van der Waals surface area contributed by atoms with E-state index in [2.05, 4.69) is 10.2 Å². The maximum Gasteiger partial charge on any atom is 0.273 e. The van der Waals surface area contributed by atoms with Gasteiger partial charge in [0.25, 0.3) is 5.69 Å². The first-order chi connectivity index (χ1) is 8.65. The molecule has 8 heteroatoms. The summed E-state index contributed by atoms with van der Waals surface area (Å²) >= 11 is 1.33. The van der Waals surface area contributed by atoms with Gasteiger partial charge < -0.3 is 10.5 Å². The number of nitro groups is 1. The van der Waals surface area contributed by atoms with Crippen LogP contribution in [0, 0.1) is 10.1 Å². The Hall–Kier alpha value is -2.06. The molecule has 94 valence electrons. The minimum Gasteiger partial charge on any atom is -0.496 e. The van der Waals surface area contributed by atoms with Crippen molar-refractivity contribution in [3.8, 4) is 16.3 Å². The Morgan fingerprint density at radius 1 is 1.50 bits per heavy atom. The molecule has 1 aromatic carbocycles. The second-order valence-corrected chi connectivity index (χ2v) is 4.41. The van der Waals surface area contributed by atoms with Crippen molar-refractivity contribution in [2.24, 2.45) is 5.73 Å². The van der Waals surface area contributed by atoms with Gasteiger partial charge in [0.1, 0.15) is 10.8 Å². The molecule has 0 bridgehead atoms. The lowest BCUT2D eigenvalue weighted by Crippen LogP contribution is -1.94. The molecule has 0 atom stereocenters. The van der Waals surface area contributed by atoms with Crippen LogP contribution in [-0.4, -0.2) is 22.2 Å². The van der Waals surface area contributed by atoms with E-state index in [9.17, 15) is 10.1 Å². The SMILES string of the molecule is COc1cc([N+](=O)[O-])ccc1-c1nnc(CN)s1. The van der Waals surface area contributed by atoms with E-state index in [1.165, 1.54) is 30.6 Å². The molecule has 2 N–H and O–H groups in total. The Labute approximate surface area is 106 Å². The van der Waals surface area contributed by atoms with Gasteiger partial charge in [-0.3, -0.25) is 10.1 Å². The van der Waals surface area contributed by atoms with Gasteiger partial charge in [-0.2, -0.15) is 0 Å². The van der Waals surface area contributed by atoms with Crippen molar-refractivity contribution in [2.45, 2.75) is 6.54 Å². The number of hydrogen-bond donors (Lipinski definition) is 1. The molecule has 0 fully saturated rings. The van der Waals surface area contributed by atoms with E-state index in [-0.39, 0.29) is 5.69 Å². The van der Waals surface area contributed by atoms with Crippen LogP contribution >= 0.6 is 11.3 Å². The number of ether oxygens (including phenoxy) is 1. The predicted octanol–water partition coefficient (Wildman–Crippen LogP) is 1.58. The Balaban J connectivity index is 2.47. The van der Waals surface area contributed by atoms with Crippen LogP contribution < -0.4 is 10.5 Å². The highest BCUT2D eigenvalue weighted by Gasteiger charge is 2.15. The van der Waals surface area contributed by atoms with Crippen LogP contribution in [-0.2, 0) is 6.54 Å². The van der Waals surface area contributed by atoms with E-state index in [4.69, 9.17) is 10.5 Å². The number of aromatic nitrogens is 2. The van der Waals surface area contributed by atoms with E-state index in [0.29, 0.717) is 27.9 Å². The van der Waals surface area contributed by atoms with Crippen molar-refractivity contribution < 1.29 is 9.66 Å². The predicted molar refractivity (Wildman–Crippen MR) is 66.4 cm³/mol. The molecule has 1 heterocycles. The van der Waals surface area contributed by atoms with E-state index in [1.54, 1.807) is 6.07 Å². The fraction of sp³-hybridized carbons (Fsp3) is 0.200. The molecular weight excluding hydrogens is 256 g/mol. The third-order valence-corrected chi connectivity index (χ3v) is 3.25. The first-order valence-corrected chi connectivity index (χ1v) is 5.82. The van der Waals surface area contributed by atoms with Crippen LogP contribution in [0.15, 0.2) is 18.2 Å². The Kier molecular flexibility index (Phi) is 3.49. The third kappa shape index (κ3) is 2.29. The number of benzene rings is 1. The van der Waals surface area contributed by atoms with Gasteiger partial charge in [0.15, 0.2) is 5.01 Å². The molecule has 0 unspecified atom stereocenters. The van der Waals surface area contributed by atoms with Gasteiger partial charge in [0.05, 0.1) is 23.7 Å². The number of rotatable bonds is 4. The molecule has 0 aliphatic rings. The zero-order chi connectivity index (χ0) is 13.1. The van der Waals surface area contributed by atoms with Gasteiger partial charge in [0.2, 0.25) is 0 Å². The number of nitrogens with two attached hydrogens (primary N) is 1. The average molecular weight is 266 g/mol. The number of hydrogen-bond acceptors (Lipinski definition) is 7. The molecule has 0 radical (unpaired) electrons. The van der Waals surface area contributed by atoms with E-state index in [0.717, 1.165) is 0 Å². The van der Waals surface area contributed by atoms with Gasteiger partial charge in [-0.25, -0.2) is 0 Å². The van der Waals surface area contributed by atoms with Crippen molar-refractivity contribution in [1.82, 2.24) is 10.2 Å². The average Bonchev–Trinajstić information content (AvgIpc) is 2.86. The minimum atomic E-state index is -0.474. The van der Waals surface area contributed by atoms with Gasteiger partial charge >= 0.3 is 0 Å². The molecule has 0 aliphatic carbocycles. The number of nitrogens with zero attached hydrogens (tertiary/aromatic N) is 3. The molecule has 7 nitrogen and oxygen atoms in total. The van der Waals surface area contributed by atoms with Crippen LogP contribution in [0.5, 0.6) is 5.75 Å². The fourth-order valence-corrected chi connectivity index (χ4v) is 2.16. The van der Waals surface area contributed by atoms with Crippen molar-refractivity contribution in [2.75, 3.05) is 7.11 Å². The summed E-state index contributed by atoms with van der Waals surface area (Å²) in [6, 6.07) is 4.36. The smallest absolute Gasteiger partial charge is 0.273 e. The van der Waals surface area contributed by atoms with E-state index < -0.39 is 4.92 Å². The number of non-ortho nitro benzene ring substituents is 1. The number of methoxy groups -OCH3 is 1. The Morgan fingerprint density at radius 2 is 2.28 bits per heavy atom. The molecule has 1 aromatic heterocycles. The first-order valence-electron chi connectivity index (χ1n) is 5.01. The fourth-order valence-electron chi connectivity index (χ4n) is 1.42. The van der Waals surface area contributed by atoms with Gasteiger partial charge in [-0.1, -0.05) is 11.3 Å². The van der Waals surface area contributed by atoms with Crippen LogP contribution in [0.1, 0.15) is 5.01 Å². The summed E-state index contributed by atoms with van der Waals surface area (Å²) in [5.41, 5.74) is 6.10. The standard InChI is InChI=1S/C10H10N4O3S/c1-17-8-4-6(14(15)16)2-3-7(8)10-13-12-9(5-11)18-10/h2-4H,5,11H2,1H3. The molecule has 0 saturated heterocycles. The van der Waals surface area contributed by atoms with E-state index in [1.807, 2.05) is 0 Å². The second kappa shape index (κ2) is 5.07. The normalized spacial score (nSPS) is 10.3. The zero-order valence-electron chi connectivity index (χ0n) is 9.49. The summed E-state index contributed by atoms with van der Waals surface area (Å²) < 4.78 is 5.14. The lowest BCUT2D eigenvalue weighted by atomic mass is 10.2. The van der Waals surface area contributed by atoms with Crippen LogP contribution in [0.25, 0.3) is 10.6 Å². The van der Waals surface area contributed by atoms with E-state index >= 15 is 0 Å². The molecule has 0 amide bonds. The van der Waals surface area contributed by atoms with Crippen molar-refractivity contribution in [3.63, 3.8) is 0 Å². The summed E-state index contributed by atoms with van der Waals surface area (Å²) in [4.78, 5) is 10.2. The van der Waals surface area contributed by atoms with Gasteiger partial charge in [0, 0.05) is 12.6 Å². The topological polar surface area (TPSA) is 104 Å². The number of nitro benzene ring substituents is 1. The highest BCUT2D eigenvalue weighted by atomic mass is 32.1. The Morgan fingerprint density at radius 3 is 2.83 bits per heavy atom.